The Balaban J connectivity index is 1.45. The van der Waals surface area contributed by atoms with E-state index in [9.17, 15) is 5.11 Å². The Kier molecular flexibility index (Phi) is 6.47. The van der Waals surface area contributed by atoms with Crippen LogP contribution in [-0.2, 0) is 0 Å². The summed E-state index contributed by atoms with van der Waals surface area (Å²) >= 11 is 0. The Labute approximate surface area is 188 Å². The van der Waals surface area contributed by atoms with E-state index in [4.69, 9.17) is 0 Å². The maximum atomic E-state index is 9.66. The van der Waals surface area contributed by atoms with Gasteiger partial charge in [-0.15, -0.1) is 0 Å². The highest BCUT2D eigenvalue weighted by atomic mass is 16.3. The molecule has 4 saturated carbocycles. The normalized spacial score (nSPS) is 45.9. The lowest BCUT2D eigenvalue weighted by atomic mass is 9.44. The second-order valence-corrected chi connectivity index (χ2v) is 13.7. The predicted molar refractivity (Wildman–Crippen MR) is 128 cm³/mol. The van der Waals surface area contributed by atoms with Crippen LogP contribution in [0.2, 0.25) is 0 Å². The molecule has 0 aromatic heterocycles. The van der Waals surface area contributed by atoms with Crippen molar-refractivity contribution < 1.29 is 5.11 Å². The molecule has 4 aliphatic rings. The van der Waals surface area contributed by atoms with Gasteiger partial charge in [-0.3, -0.25) is 0 Å². The average Bonchev–Trinajstić information content (AvgIpc) is 3.08. The van der Waals surface area contributed by atoms with Gasteiger partial charge in [0.05, 0.1) is 0 Å². The zero-order valence-corrected chi connectivity index (χ0v) is 21.2. The summed E-state index contributed by atoms with van der Waals surface area (Å²) < 4.78 is 0. The van der Waals surface area contributed by atoms with E-state index in [0.717, 1.165) is 35.5 Å². The fraction of sp³-hybridized carbons (Fsp3) is 1.00. The first kappa shape index (κ1) is 23.1. The predicted octanol–water partition coefficient (Wildman–Crippen LogP) is 8.11. The van der Waals surface area contributed by atoms with Crippen molar-refractivity contribution in [2.75, 3.05) is 6.61 Å². The molecule has 0 aromatic rings. The lowest BCUT2D eigenvalue weighted by Crippen LogP contribution is -2.53. The topological polar surface area (TPSA) is 20.2 Å². The van der Waals surface area contributed by atoms with Crippen LogP contribution in [0.1, 0.15) is 119 Å². The highest BCUT2D eigenvalue weighted by Gasteiger charge is 2.60. The number of hydrogen-bond donors (Lipinski definition) is 1. The van der Waals surface area contributed by atoms with E-state index >= 15 is 0 Å². The lowest BCUT2D eigenvalue weighted by molar-refractivity contribution is -0.114. The smallest absolute Gasteiger partial charge is 0.0461 e. The van der Waals surface area contributed by atoms with Gasteiger partial charge in [-0.05, 0) is 122 Å². The molecule has 4 rings (SSSR count). The first-order valence-electron chi connectivity index (χ1n) is 13.7. The molecule has 0 bridgehead atoms. The van der Waals surface area contributed by atoms with Gasteiger partial charge in [-0.25, -0.2) is 0 Å². The minimum atomic E-state index is 0.257. The fourth-order valence-electron chi connectivity index (χ4n) is 9.56. The van der Waals surface area contributed by atoms with Crippen molar-refractivity contribution in [2.45, 2.75) is 119 Å². The summed E-state index contributed by atoms with van der Waals surface area (Å²) in [6, 6.07) is 0. The third-order valence-electron chi connectivity index (χ3n) is 12.2. The largest absolute Gasteiger partial charge is 0.396 e. The molecule has 1 nitrogen and oxygen atoms in total. The molecule has 2 unspecified atom stereocenters. The minimum absolute atomic E-state index is 0.257. The van der Waals surface area contributed by atoms with E-state index in [1.165, 1.54) is 70.6 Å². The monoisotopic (exact) mass is 416 g/mol. The summed E-state index contributed by atoms with van der Waals surface area (Å²) in [7, 11) is 0. The Morgan fingerprint density at radius 2 is 1.60 bits per heavy atom. The van der Waals surface area contributed by atoms with E-state index in [1.54, 1.807) is 6.42 Å². The first-order chi connectivity index (χ1) is 14.1. The molecule has 9 atom stereocenters. The maximum Gasteiger partial charge on any atom is 0.0461 e. The molecule has 0 heterocycles. The van der Waals surface area contributed by atoms with E-state index in [-0.39, 0.29) is 5.41 Å². The van der Waals surface area contributed by atoms with Crippen molar-refractivity contribution in [3.05, 3.63) is 0 Å². The van der Waals surface area contributed by atoms with Crippen molar-refractivity contribution in [2.24, 2.45) is 57.7 Å². The van der Waals surface area contributed by atoms with Gasteiger partial charge in [0.15, 0.2) is 0 Å². The summed E-state index contributed by atoms with van der Waals surface area (Å²) in [6.07, 6.45) is 17.8. The van der Waals surface area contributed by atoms with Gasteiger partial charge in [-0.2, -0.15) is 0 Å². The molecule has 0 amide bonds. The average molecular weight is 417 g/mol. The van der Waals surface area contributed by atoms with Gasteiger partial charge in [0.25, 0.3) is 0 Å². The van der Waals surface area contributed by atoms with E-state index in [1.807, 2.05) is 0 Å². The van der Waals surface area contributed by atoms with E-state index in [2.05, 4.69) is 41.5 Å². The van der Waals surface area contributed by atoms with Gasteiger partial charge >= 0.3 is 0 Å². The van der Waals surface area contributed by atoms with Crippen molar-refractivity contribution in [1.82, 2.24) is 0 Å². The molecular formula is C29H52O. The molecule has 0 saturated heterocycles. The van der Waals surface area contributed by atoms with Crippen LogP contribution in [0.3, 0.4) is 0 Å². The summed E-state index contributed by atoms with van der Waals surface area (Å²) in [5.74, 6) is 6.29. The third kappa shape index (κ3) is 3.72. The fourth-order valence-corrected chi connectivity index (χ4v) is 9.56. The number of aliphatic hydroxyl groups is 1. The highest BCUT2D eigenvalue weighted by molar-refractivity contribution is 5.09. The standard InChI is InChI=1S/C29H52O/c1-20(14-17-27(3,4)21(2)19-30)24-12-13-25-23-11-10-22-9-7-8-16-28(22,5)26(23)15-18-29(24,25)6/h20-26,30H,7-19H2,1-6H3/t20-,21?,22?,23+,24-,25+,26+,28+,29-/m1/s1. The van der Waals surface area contributed by atoms with E-state index < -0.39 is 0 Å². The summed E-state index contributed by atoms with van der Waals surface area (Å²) in [5.41, 5.74) is 1.54. The van der Waals surface area contributed by atoms with Crippen molar-refractivity contribution >= 4 is 0 Å². The number of hydrogen-bond acceptors (Lipinski definition) is 1. The molecule has 4 fully saturated rings. The highest BCUT2D eigenvalue weighted by Crippen LogP contribution is 2.68. The molecule has 0 radical (unpaired) electrons. The van der Waals surface area contributed by atoms with Crippen LogP contribution in [0.25, 0.3) is 0 Å². The lowest BCUT2D eigenvalue weighted by Gasteiger charge is -2.61. The summed E-state index contributed by atoms with van der Waals surface area (Å²) in [6.45, 7) is 15.3. The molecule has 0 aromatic carbocycles. The Hall–Kier alpha value is -0.0400. The molecule has 1 heteroatoms. The summed E-state index contributed by atoms with van der Waals surface area (Å²) in [4.78, 5) is 0. The number of rotatable bonds is 6. The Morgan fingerprint density at radius 3 is 2.33 bits per heavy atom. The quantitative estimate of drug-likeness (QED) is 0.463. The summed E-state index contributed by atoms with van der Waals surface area (Å²) in [5, 5.41) is 9.66. The molecule has 30 heavy (non-hydrogen) atoms. The van der Waals surface area contributed by atoms with Crippen LogP contribution in [0.15, 0.2) is 0 Å². The SMILES string of the molecule is CC(CO)C(C)(C)CC[C@@H](C)[C@H]1CC[C@H]2[C@@H]3CCC4CCCC[C@]4(C)[C@H]3CC[C@]12C. The Bertz CT molecular complexity index is 595. The van der Waals surface area contributed by atoms with E-state index in [0.29, 0.717) is 23.4 Å². The molecular weight excluding hydrogens is 364 g/mol. The van der Waals surface area contributed by atoms with Gasteiger partial charge in [0.1, 0.15) is 0 Å². The minimum Gasteiger partial charge on any atom is -0.396 e. The Morgan fingerprint density at radius 1 is 0.867 bits per heavy atom. The van der Waals surface area contributed by atoms with Gasteiger partial charge in [0, 0.05) is 6.61 Å². The molecule has 4 aliphatic carbocycles. The molecule has 174 valence electrons. The van der Waals surface area contributed by atoms with Crippen LogP contribution in [0, 0.1) is 57.7 Å². The van der Waals surface area contributed by atoms with Crippen LogP contribution in [0.4, 0.5) is 0 Å². The molecule has 0 aliphatic heterocycles. The van der Waals surface area contributed by atoms with Crippen molar-refractivity contribution in [3.8, 4) is 0 Å². The van der Waals surface area contributed by atoms with Crippen LogP contribution >= 0.6 is 0 Å². The zero-order chi connectivity index (χ0) is 21.7. The first-order valence-corrected chi connectivity index (χ1v) is 13.7. The van der Waals surface area contributed by atoms with Crippen LogP contribution in [-0.4, -0.2) is 11.7 Å². The van der Waals surface area contributed by atoms with Gasteiger partial charge in [-0.1, -0.05) is 54.4 Å². The van der Waals surface area contributed by atoms with Gasteiger partial charge < -0.3 is 5.11 Å². The van der Waals surface area contributed by atoms with Crippen molar-refractivity contribution in [1.29, 1.82) is 0 Å². The third-order valence-corrected chi connectivity index (χ3v) is 12.2. The number of aliphatic hydroxyl groups excluding tert-OH is 1. The maximum absolute atomic E-state index is 9.66. The molecule has 1 N–H and O–H groups in total. The van der Waals surface area contributed by atoms with Gasteiger partial charge in [0.2, 0.25) is 0 Å². The number of fused-ring (bicyclic) bond motifs is 5. The van der Waals surface area contributed by atoms with Crippen LogP contribution < -0.4 is 0 Å². The second kappa shape index (κ2) is 8.39. The zero-order valence-electron chi connectivity index (χ0n) is 21.2. The van der Waals surface area contributed by atoms with Crippen LogP contribution in [0.5, 0.6) is 0 Å². The van der Waals surface area contributed by atoms with Crippen molar-refractivity contribution in [3.63, 3.8) is 0 Å². The second-order valence-electron chi connectivity index (χ2n) is 13.7. The molecule has 0 spiro atoms.